The van der Waals surface area contributed by atoms with E-state index in [4.69, 9.17) is 4.74 Å². The van der Waals surface area contributed by atoms with E-state index in [0.717, 1.165) is 44.1 Å². The van der Waals surface area contributed by atoms with Crippen LogP contribution in [0.5, 0.6) is 0 Å². The first-order chi connectivity index (χ1) is 17.7. The van der Waals surface area contributed by atoms with Gasteiger partial charge in [0.2, 0.25) is 5.78 Å². The van der Waals surface area contributed by atoms with Gasteiger partial charge in [0.15, 0.2) is 29.6 Å². The van der Waals surface area contributed by atoms with E-state index in [-0.39, 0.29) is 35.4 Å². The number of rotatable bonds is 8. The van der Waals surface area contributed by atoms with Gasteiger partial charge in [-0.25, -0.2) is 22.4 Å². The van der Waals surface area contributed by atoms with Gasteiger partial charge in [-0.3, -0.25) is 4.79 Å². The molecule has 3 fully saturated rings. The molecule has 4 heterocycles. The Bertz CT molecular complexity index is 1290. The predicted octanol–water partition coefficient (Wildman–Crippen LogP) is 2.50. The van der Waals surface area contributed by atoms with Crippen LogP contribution >= 0.6 is 11.3 Å². The molecule has 1 unspecified atom stereocenters. The summed E-state index contributed by atoms with van der Waals surface area (Å²) in [5.41, 5.74) is -0.00485. The molecule has 6 rings (SSSR count). The van der Waals surface area contributed by atoms with E-state index in [0.29, 0.717) is 22.4 Å². The van der Waals surface area contributed by atoms with E-state index in [2.05, 4.69) is 5.32 Å². The maximum atomic E-state index is 14.0. The second-order valence-corrected chi connectivity index (χ2v) is 10.7. The third-order valence-electron chi connectivity index (χ3n) is 7.30. The molecule has 2 atom stereocenters. The normalized spacial score (nSPS) is 22.8. The quantitative estimate of drug-likeness (QED) is 0.149. The van der Waals surface area contributed by atoms with Crippen molar-refractivity contribution in [2.75, 3.05) is 31.5 Å². The van der Waals surface area contributed by atoms with Gasteiger partial charge in [-0.1, -0.05) is 18.2 Å². The molecule has 202 valence electrons. The number of carbonyl (C=O) groups is 2. The van der Waals surface area contributed by atoms with Crippen molar-refractivity contribution in [1.82, 2.24) is 0 Å². The zero-order valence-electron chi connectivity index (χ0n) is 20.1. The maximum Gasteiger partial charge on any atom is 0.333 e. The van der Waals surface area contributed by atoms with Crippen molar-refractivity contribution >= 4 is 28.8 Å². The first-order valence-electron chi connectivity index (χ1n) is 12.0. The van der Waals surface area contributed by atoms with Gasteiger partial charge in [-0.15, -0.1) is 11.3 Å². The lowest BCUT2D eigenvalue weighted by Gasteiger charge is -2.51. The predicted molar refractivity (Wildman–Crippen MR) is 130 cm³/mol. The zero-order chi connectivity index (χ0) is 26.2. The number of quaternary nitrogens is 1. The summed E-state index contributed by atoms with van der Waals surface area (Å²) in [6.45, 7) is 2.43. The molecule has 3 saturated heterocycles. The SMILES string of the molecule is O=C(C[N+]12CCC(CC1)[C@@H](OC(=O)C(Nc1cc(F)c(F)c(F)c1)c1cccc(F)c1)C2)c1cccs1.[Cl-]. The smallest absolute Gasteiger partial charge is 0.333 e. The molecule has 0 spiro atoms. The van der Waals surface area contributed by atoms with Crippen LogP contribution in [0.15, 0.2) is 53.9 Å². The van der Waals surface area contributed by atoms with Gasteiger partial charge in [0, 0.05) is 36.6 Å². The van der Waals surface area contributed by atoms with Crippen molar-refractivity contribution in [1.29, 1.82) is 0 Å². The molecule has 3 aliphatic heterocycles. The number of nitrogens with zero attached hydrogens (tertiary/aromatic N) is 1. The molecule has 5 nitrogen and oxygen atoms in total. The Morgan fingerprint density at radius 2 is 1.74 bits per heavy atom. The number of thiophene rings is 1. The minimum atomic E-state index is -1.63. The minimum absolute atomic E-state index is 0. The Hall–Kier alpha value is -2.95. The standard InChI is InChI=1S/C27H25F4N2O3S.ClH/c28-18-4-1-3-17(11-18)26(32-19-12-20(29)25(31)21(30)13-19)27(35)36-23-15-33(8-6-16(23)7-9-33)14-22(34)24-5-2-10-37-24;/h1-5,10-13,16,23,26,32H,6-9,14-15H2;1H/q+1;/p-1/t16?,23-,26?,33?;/m0./s1. The molecule has 0 amide bonds. The van der Waals surface area contributed by atoms with Crippen LogP contribution < -0.4 is 17.7 Å². The van der Waals surface area contributed by atoms with E-state index in [1.165, 1.54) is 29.5 Å². The summed E-state index contributed by atoms with van der Waals surface area (Å²) >= 11 is 1.40. The second-order valence-electron chi connectivity index (χ2n) is 9.73. The molecule has 0 saturated carbocycles. The summed E-state index contributed by atoms with van der Waals surface area (Å²) < 4.78 is 61.5. The van der Waals surface area contributed by atoms with Crippen LogP contribution in [0.25, 0.3) is 0 Å². The van der Waals surface area contributed by atoms with Crippen molar-refractivity contribution in [3.8, 4) is 0 Å². The fourth-order valence-electron chi connectivity index (χ4n) is 5.38. The Kier molecular flexibility index (Phi) is 8.44. The highest BCUT2D eigenvalue weighted by molar-refractivity contribution is 7.12. The van der Waals surface area contributed by atoms with Gasteiger partial charge in [0.05, 0.1) is 18.0 Å². The number of nitrogens with one attached hydrogen (secondary N) is 1. The van der Waals surface area contributed by atoms with Crippen molar-refractivity contribution in [2.45, 2.75) is 25.0 Å². The molecule has 3 aliphatic rings. The summed E-state index contributed by atoms with van der Waals surface area (Å²) in [5, 5.41) is 4.54. The van der Waals surface area contributed by atoms with Gasteiger partial charge >= 0.3 is 5.97 Å². The monoisotopic (exact) mass is 568 g/mol. The van der Waals surface area contributed by atoms with Gasteiger partial charge in [0.25, 0.3) is 0 Å². The molecule has 0 aliphatic carbocycles. The number of halogens is 5. The molecular formula is C27H25ClF4N2O3S. The van der Waals surface area contributed by atoms with Crippen LogP contribution in [0.3, 0.4) is 0 Å². The Balaban J connectivity index is 0.00000336. The average molecular weight is 569 g/mol. The molecule has 1 N–H and O–H groups in total. The van der Waals surface area contributed by atoms with Crippen LogP contribution in [0.2, 0.25) is 0 Å². The topological polar surface area (TPSA) is 55.4 Å². The summed E-state index contributed by atoms with van der Waals surface area (Å²) in [7, 11) is 0. The van der Waals surface area contributed by atoms with E-state index in [1.807, 2.05) is 11.4 Å². The van der Waals surface area contributed by atoms with Crippen molar-refractivity contribution in [2.24, 2.45) is 5.92 Å². The van der Waals surface area contributed by atoms with Crippen molar-refractivity contribution < 1.29 is 48.8 Å². The Morgan fingerprint density at radius 1 is 1.03 bits per heavy atom. The summed E-state index contributed by atoms with van der Waals surface area (Å²) in [5.74, 6) is -5.66. The molecule has 2 aromatic carbocycles. The lowest BCUT2D eigenvalue weighted by atomic mass is 9.83. The van der Waals surface area contributed by atoms with Crippen LogP contribution in [0, 0.1) is 29.2 Å². The fraction of sp³-hybridized carbons (Fsp3) is 0.333. The highest BCUT2D eigenvalue weighted by atomic mass is 35.5. The summed E-state index contributed by atoms with van der Waals surface area (Å²) in [6, 6.07) is 9.02. The third kappa shape index (κ3) is 5.87. The van der Waals surface area contributed by atoms with E-state index in [1.54, 1.807) is 6.07 Å². The number of anilines is 1. The second kappa shape index (κ2) is 11.4. The van der Waals surface area contributed by atoms with Gasteiger partial charge in [0.1, 0.15) is 18.9 Å². The number of ketones is 1. The van der Waals surface area contributed by atoms with Crippen LogP contribution in [-0.4, -0.2) is 48.5 Å². The largest absolute Gasteiger partial charge is 1.00 e. The summed E-state index contributed by atoms with van der Waals surface area (Å²) in [6.07, 6.45) is 1.12. The fourth-order valence-corrected chi connectivity index (χ4v) is 6.04. The lowest BCUT2D eigenvalue weighted by Crippen LogP contribution is -3.00. The highest BCUT2D eigenvalue weighted by Gasteiger charge is 2.49. The number of carbonyl (C=O) groups excluding carboxylic acids is 2. The molecule has 0 radical (unpaired) electrons. The highest BCUT2D eigenvalue weighted by Crippen LogP contribution is 2.37. The van der Waals surface area contributed by atoms with Gasteiger partial charge in [-0.2, -0.15) is 0 Å². The summed E-state index contributed by atoms with van der Waals surface area (Å²) in [4.78, 5) is 27.0. The number of hydrogen-bond donors (Lipinski definition) is 1. The van der Waals surface area contributed by atoms with Crippen LogP contribution in [0.4, 0.5) is 23.2 Å². The average Bonchev–Trinajstić information content (AvgIpc) is 3.41. The number of Topliss-reactive ketones (excluding diaryl/α,β-unsaturated/α-hetero) is 1. The Labute approximate surface area is 227 Å². The molecule has 38 heavy (non-hydrogen) atoms. The number of benzene rings is 2. The molecule has 2 bridgehead atoms. The molecule has 1 aromatic heterocycles. The number of esters is 1. The van der Waals surface area contributed by atoms with Gasteiger partial charge < -0.3 is 26.9 Å². The van der Waals surface area contributed by atoms with Crippen LogP contribution in [-0.2, 0) is 9.53 Å². The number of fused-ring (bicyclic) bond motifs is 3. The zero-order valence-corrected chi connectivity index (χ0v) is 21.7. The van der Waals surface area contributed by atoms with Crippen molar-refractivity contribution in [3.63, 3.8) is 0 Å². The first-order valence-corrected chi connectivity index (χ1v) is 12.9. The molecular weight excluding hydrogens is 544 g/mol. The van der Waals surface area contributed by atoms with Crippen molar-refractivity contribution in [3.05, 3.63) is 87.6 Å². The minimum Gasteiger partial charge on any atom is -1.00 e. The molecule has 11 heteroatoms. The van der Waals surface area contributed by atoms with Crippen LogP contribution in [0.1, 0.15) is 34.1 Å². The third-order valence-corrected chi connectivity index (χ3v) is 8.21. The number of hydrogen-bond acceptors (Lipinski definition) is 5. The Morgan fingerprint density at radius 3 is 2.37 bits per heavy atom. The first kappa shape index (κ1) is 28.1. The molecule has 3 aromatic rings. The van der Waals surface area contributed by atoms with E-state index >= 15 is 0 Å². The van der Waals surface area contributed by atoms with E-state index in [9.17, 15) is 27.2 Å². The van der Waals surface area contributed by atoms with Gasteiger partial charge in [-0.05, 0) is 29.1 Å². The number of piperidine rings is 3. The van der Waals surface area contributed by atoms with E-state index < -0.39 is 41.4 Å². The number of ether oxygens (including phenoxy) is 1. The maximum absolute atomic E-state index is 14.0. The lowest BCUT2D eigenvalue weighted by molar-refractivity contribution is -0.938.